The summed E-state index contributed by atoms with van der Waals surface area (Å²) in [4.78, 5) is 40.8. The number of aliphatic hydroxyl groups is 4. The average molecular weight is 837 g/mol. The molecule has 332 valence electrons. The molecule has 4 aromatic rings. The van der Waals surface area contributed by atoms with E-state index in [1.54, 1.807) is 121 Å². The van der Waals surface area contributed by atoms with Crippen molar-refractivity contribution in [2.24, 2.45) is 17.3 Å². The van der Waals surface area contributed by atoms with Gasteiger partial charge >= 0.3 is 23.9 Å². The monoisotopic (exact) mass is 836 g/mol. The van der Waals surface area contributed by atoms with Crippen LogP contribution in [0.1, 0.15) is 129 Å². The van der Waals surface area contributed by atoms with Crippen molar-refractivity contribution in [3.8, 4) is 0 Å². The molecule has 0 spiro atoms. The summed E-state index contributed by atoms with van der Waals surface area (Å²) in [5, 5.41) is 71.5. The summed E-state index contributed by atoms with van der Waals surface area (Å²) in [5.74, 6) is -3.29. The van der Waals surface area contributed by atoms with E-state index in [4.69, 9.17) is 20.4 Å². The van der Waals surface area contributed by atoms with Gasteiger partial charge in [0.15, 0.2) is 0 Å². The molecule has 0 saturated heterocycles. The highest BCUT2D eigenvalue weighted by Crippen LogP contribution is 2.30. The molecule has 6 unspecified atom stereocenters. The third kappa shape index (κ3) is 27.3. The summed E-state index contributed by atoms with van der Waals surface area (Å²) in [6, 6.07) is 33.2. The first-order chi connectivity index (χ1) is 28.1. The summed E-state index contributed by atoms with van der Waals surface area (Å²) in [7, 11) is 0. The Morgan fingerprint density at radius 3 is 0.933 bits per heavy atom. The molecule has 0 aliphatic rings. The van der Waals surface area contributed by atoms with Crippen LogP contribution in [0.2, 0.25) is 0 Å². The van der Waals surface area contributed by atoms with Crippen LogP contribution in [0, 0.1) is 17.3 Å². The van der Waals surface area contributed by atoms with E-state index in [1.165, 1.54) is 0 Å². The highest BCUT2D eigenvalue weighted by molar-refractivity contribution is 5.88. The molecular weight excluding hydrogens is 769 g/mol. The third-order valence-electron chi connectivity index (χ3n) is 9.23. The maximum atomic E-state index is 10.2. The largest absolute Gasteiger partial charge is 0.478 e. The van der Waals surface area contributed by atoms with Crippen LogP contribution in [-0.4, -0.2) is 89.1 Å². The van der Waals surface area contributed by atoms with Gasteiger partial charge in [0.1, 0.15) is 0 Å². The molecule has 6 atom stereocenters. The molecule has 0 fully saturated rings. The van der Waals surface area contributed by atoms with E-state index in [-0.39, 0.29) is 35.6 Å². The summed E-state index contributed by atoms with van der Waals surface area (Å²) in [6.07, 6.45) is 2.26. The highest BCUT2D eigenvalue weighted by Gasteiger charge is 2.28. The Balaban J connectivity index is 0. The van der Waals surface area contributed by atoms with Gasteiger partial charge in [-0.05, 0) is 85.5 Å². The molecule has 0 radical (unpaired) electrons. The van der Waals surface area contributed by atoms with Gasteiger partial charge in [-0.1, -0.05) is 135 Å². The first kappa shape index (κ1) is 56.7. The van der Waals surface area contributed by atoms with Gasteiger partial charge in [0.2, 0.25) is 0 Å². The topological polar surface area (TPSA) is 230 Å². The molecule has 8 N–H and O–H groups in total. The Labute approximate surface area is 355 Å². The number of aromatic carboxylic acids is 4. The lowest BCUT2D eigenvalue weighted by molar-refractivity contribution is 0.0108. The molecule has 0 saturated carbocycles. The number of aliphatic hydroxyl groups excluding tert-OH is 4. The second-order valence-electron chi connectivity index (χ2n) is 14.9. The Morgan fingerprint density at radius 1 is 0.467 bits per heavy atom. The molecule has 4 rings (SSSR count). The predicted molar refractivity (Wildman–Crippen MR) is 236 cm³/mol. The van der Waals surface area contributed by atoms with E-state index in [2.05, 4.69) is 20.8 Å². The third-order valence-corrected chi connectivity index (χ3v) is 9.23. The number of rotatable bonds is 13. The van der Waals surface area contributed by atoms with Crippen LogP contribution in [0.15, 0.2) is 121 Å². The van der Waals surface area contributed by atoms with Crippen LogP contribution in [0.4, 0.5) is 0 Å². The van der Waals surface area contributed by atoms with Crippen LogP contribution in [0.3, 0.4) is 0 Å². The summed E-state index contributed by atoms with van der Waals surface area (Å²) < 4.78 is 0. The van der Waals surface area contributed by atoms with Gasteiger partial charge < -0.3 is 40.9 Å². The Hall–Kier alpha value is -5.40. The number of carboxylic acids is 4. The standard InChI is InChI=1S/C11H24O2.C9H20O2.4C7H6O2/c1-6-9(12)7-10(13)8(2)11(3,4)5;1-4-6-9(11)7(3)8(10)5-2;4*8-7(9)6-4-2-1-3-5-6/h8-10,12-13H,6-7H2,1-5H3;7-11H,4-6H2,1-3H3;4*1-5H,(H,8,9). The minimum Gasteiger partial charge on any atom is -0.478 e. The summed E-state index contributed by atoms with van der Waals surface area (Å²) in [6.45, 7) is 16.2. The molecule has 12 heteroatoms. The number of carbonyl (C=O) groups is 4. The SMILES string of the molecule is CCC(O)CC(O)C(C)C(C)(C)C.CCCC(O)C(C)C(O)CC.O=C(O)c1ccccc1.O=C(O)c1ccccc1.O=C(O)c1ccccc1.O=C(O)c1ccccc1. The van der Waals surface area contributed by atoms with Crippen molar-refractivity contribution < 1.29 is 60.0 Å². The zero-order chi connectivity index (χ0) is 46.3. The van der Waals surface area contributed by atoms with Crippen LogP contribution in [-0.2, 0) is 0 Å². The van der Waals surface area contributed by atoms with Crippen molar-refractivity contribution in [3.05, 3.63) is 144 Å². The quantitative estimate of drug-likeness (QED) is 0.0630. The summed E-state index contributed by atoms with van der Waals surface area (Å²) in [5.41, 5.74) is 1.43. The number of carboxylic acid groups (broad SMARTS) is 4. The molecule has 0 bridgehead atoms. The molecule has 0 aliphatic heterocycles. The van der Waals surface area contributed by atoms with Crippen LogP contribution < -0.4 is 0 Å². The molecule has 60 heavy (non-hydrogen) atoms. The zero-order valence-electron chi connectivity index (χ0n) is 36.3. The van der Waals surface area contributed by atoms with E-state index < -0.39 is 30.0 Å². The second kappa shape index (κ2) is 32.5. The van der Waals surface area contributed by atoms with Gasteiger partial charge in [0.25, 0.3) is 0 Å². The van der Waals surface area contributed by atoms with E-state index in [1.807, 2.05) is 34.6 Å². The van der Waals surface area contributed by atoms with Crippen molar-refractivity contribution in [1.82, 2.24) is 0 Å². The van der Waals surface area contributed by atoms with E-state index >= 15 is 0 Å². The molecule has 0 aromatic heterocycles. The molecular formula is C48H68O12. The average Bonchev–Trinajstić information content (AvgIpc) is 3.24. The van der Waals surface area contributed by atoms with Gasteiger partial charge in [-0.15, -0.1) is 0 Å². The minimum absolute atomic E-state index is 0.0138. The number of hydrogen-bond donors (Lipinski definition) is 8. The second-order valence-corrected chi connectivity index (χ2v) is 14.9. The van der Waals surface area contributed by atoms with Gasteiger partial charge in [0.05, 0.1) is 46.7 Å². The van der Waals surface area contributed by atoms with Crippen molar-refractivity contribution in [3.63, 3.8) is 0 Å². The Bertz CT molecular complexity index is 1500. The van der Waals surface area contributed by atoms with Crippen molar-refractivity contribution in [2.45, 2.75) is 112 Å². The van der Waals surface area contributed by atoms with Crippen LogP contribution in [0.25, 0.3) is 0 Å². The van der Waals surface area contributed by atoms with E-state index in [9.17, 15) is 39.6 Å². The maximum Gasteiger partial charge on any atom is 0.335 e. The van der Waals surface area contributed by atoms with Gasteiger partial charge in [0, 0.05) is 5.92 Å². The molecule has 0 heterocycles. The summed E-state index contributed by atoms with van der Waals surface area (Å²) >= 11 is 0. The van der Waals surface area contributed by atoms with E-state index in [0.29, 0.717) is 35.1 Å². The van der Waals surface area contributed by atoms with Crippen molar-refractivity contribution in [2.75, 3.05) is 0 Å². The number of hydrogen-bond acceptors (Lipinski definition) is 8. The molecule has 4 aromatic carbocycles. The highest BCUT2D eigenvalue weighted by atomic mass is 16.4. The molecule has 12 nitrogen and oxygen atoms in total. The molecule has 0 aliphatic carbocycles. The first-order valence-electron chi connectivity index (χ1n) is 20.0. The fraction of sp³-hybridized carbons (Fsp3) is 0.417. The zero-order valence-corrected chi connectivity index (χ0v) is 36.3. The fourth-order valence-electron chi connectivity index (χ4n) is 4.74. The maximum absolute atomic E-state index is 10.2. The van der Waals surface area contributed by atoms with Crippen molar-refractivity contribution in [1.29, 1.82) is 0 Å². The number of benzene rings is 4. The fourth-order valence-corrected chi connectivity index (χ4v) is 4.74. The first-order valence-corrected chi connectivity index (χ1v) is 20.0. The predicted octanol–water partition coefficient (Wildman–Crippen LogP) is 9.28. The lowest BCUT2D eigenvalue weighted by Gasteiger charge is -2.32. The Kier molecular flexibility index (Phi) is 30.7. The lowest BCUT2D eigenvalue weighted by Crippen LogP contribution is -2.32. The molecule has 0 amide bonds. The lowest BCUT2D eigenvalue weighted by atomic mass is 9.77. The Morgan fingerprint density at radius 2 is 0.750 bits per heavy atom. The van der Waals surface area contributed by atoms with Gasteiger partial charge in [-0.3, -0.25) is 0 Å². The van der Waals surface area contributed by atoms with Crippen LogP contribution in [0.5, 0.6) is 0 Å². The van der Waals surface area contributed by atoms with Gasteiger partial charge in [-0.2, -0.15) is 0 Å². The van der Waals surface area contributed by atoms with E-state index in [0.717, 1.165) is 19.3 Å². The van der Waals surface area contributed by atoms with Crippen LogP contribution >= 0.6 is 0 Å². The van der Waals surface area contributed by atoms with Crippen molar-refractivity contribution >= 4 is 23.9 Å². The van der Waals surface area contributed by atoms with Gasteiger partial charge in [-0.25, -0.2) is 19.2 Å². The normalized spacial score (nSPS) is 13.1. The smallest absolute Gasteiger partial charge is 0.335 e. The minimum atomic E-state index is -0.879.